The van der Waals surface area contributed by atoms with E-state index in [0.717, 1.165) is 12.8 Å². The lowest BCUT2D eigenvalue weighted by atomic mass is 10.1. The Morgan fingerprint density at radius 3 is 2.75 bits per heavy atom. The Labute approximate surface area is 163 Å². The molecule has 4 rings (SSSR count). The molecule has 0 aromatic heterocycles. The molecule has 0 saturated heterocycles. The zero-order chi connectivity index (χ0) is 19.7. The van der Waals surface area contributed by atoms with Gasteiger partial charge in [0, 0.05) is 17.8 Å². The predicted octanol–water partition coefficient (Wildman–Crippen LogP) is 3.58. The summed E-state index contributed by atoms with van der Waals surface area (Å²) in [4.78, 5) is 26.9. The number of benzene rings is 2. The molecule has 2 aromatic rings. The van der Waals surface area contributed by atoms with Crippen molar-refractivity contribution in [2.24, 2.45) is 0 Å². The van der Waals surface area contributed by atoms with Gasteiger partial charge in [0.05, 0.1) is 5.69 Å². The molecule has 2 aromatic carbocycles. The molecule has 146 valence electrons. The zero-order valence-corrected chi connectivity index (χ0v) is 15.9. The summed E-state index contributed by atoms with van der Waals surface area (Å²) in [6.45, 7) is 4.61. The van der Waals surface area contributed by atoms with Crippen LogP contribution in [0.5, 0.6) is 17.2 Å². The van der Waals surface area contributed by atoms with Crippen LogP contribution in [0, 0.1) is 0 Å². The Hall–Kier alpha value is -3.22. The maximum Gasteiger partial charge on any atom is 0.267 e. The van der Waals surface area contributed by atoms with Gasteiger partial charge in [-0.3, -0.25) is 9.59 Å². The second-order valence-corrected chi connectivity index (χ2v) is 6.81. The van der Waals surface area contributed by atoms with Gasteiger partial charge < -0.3 is 24.4 Å². The summed E-state index contributed by atoms with van der Waals surface area (Å²) in [7, 11) is 0. The van der Waals surface area contributed by atoms with Crippen molar-refractivity contribution in [1.29, 1.82) is 0 Å². The highest BCUT2D eigenvalue weighted by molar-refractivity contribution is 6.06. The lowest BCUT2D eigenvalue weighted by molar-refractivity contribution is -0.125. The van der Waals surface area contributed by atoms with Crippen LogP contribution in [0.4, 0.5) is 11.4 Å². The third-order valence-corrected chi connectivity index (χ3v) is 4.80. The maximum absolute atomic E-state index is 12.6. The number of hydrogen-bond donors (Lipinski definition) is 1. The number of carbonyl (C=O) groups is 2. The van der Waals surface area contributed by atoms with E-state index in [-0.39, 0.29) is 18.6 Å². The second kappa shape index (κ2) is 7.42. The number of hydrogen-bond acceptors (Lipinski definition) is 5. The quantitative estimate of drug-likeness (QED) is 0.855. The number of fused-ring (bicyclic) bond motifs is 2. The third-order valence-electron chi connectivity index (χ3n) is 4.80. The topological polar surface area (TPSA) is 77.1 Å². The van der Waals surface area contributed by atoms with Gasteiger partial charge in [0.2, 0.25) is 6.79 Å². The fourth-order valence-corrected chi connectivity index (χ4v) is 3.27. The van der Waals surface area contributed by atoms with E-state index in [9.17, 15) is 9.59 Å². The highest BCUT2D eigenvalue weighted by Crippen LogP contribution is 2.37. The molecule has 0 bridgehead atoms. The van der Waals surface area contributed by atoms with Crippen molar-refractivity contribution in [3.63, 3.8) is 0 Å². The van der Waals surface area contributed by atoms with Gasteiger partial charge in [-0.1, -0.05) is 13.3 Å². The Balaban J connectivity index is 1.57. The number of nitrogens with zero attached hydrogens (tertiary/aromatic N) is 1. The smallest absolute Gasteiger partial charge is 0.267 e. The first-order valence-electron chi connectivity index (χ1n) is 9.40. The molecule has 7 nitrogen and oxygen atoms in total. The van der Waals surface area contributed by atoms with Crippen LogP contribution >= 0.6 is 0 Å². The number of rotatable bonds is 5. The van der Waals surface area contributed by atoms with E-state index in [2.05, 4.69) is 12.2 Å². The molecule has 0 fully saturated rings. The van der Waals surface area contributed by atoms with Crippen LogP contribution in [0.2, 0.25) is 0 Å². The number of ether oxygens (including phenoxy) is 3. The van der Waals surface area contributed by atoms with E-state index in [1.807, 2.05) is 0 Å². The lowest BCUT2D eigenvalue weighted by Crippen LogP contribution is -2.44. The van der Waals surface area contributed by atoms with E-state index >= 15 is 0 Å². The van der Waals surface area contributed by atoms with Crippen LogP contribution in [0.15, 0.2) is 36.4 Å². The van der Waals surface area contributed by atoms with Crippen molar-refractivity contribution in [1.82, 2.24) is 0 Å². The fraction of sp³-hybridized carbons (Fsp3) is 0.333. The van der Waals surface area contributed by atoms with Crippen LogP contribution < -0.4 is 24.4 Å². The number of carbonyl (C=O) groups excluding carboxylic acids is 2. The van der Waals surface area contributed by atoms with Crippen molar-refractivity contribution >= 4 is 23.2 Å². The fourth-order valence-electron chi connectivity index (χ4n) is 3.27. The Morgan fingerprint density at radius 1 is 1.14 bits per heavy atom. The molecule has 0 saturated carbocycles. The molecule has 1 atom stereocenters. The average Bonchev–Trinajstić information content (AvgIpc) is 3.16. The lowest BCUT2D eigenvalue weighted by Gasteiger charge is -2.33. The normalized spacial score (nSPS) is 17.1. The van der Waals surface area contributed by atoms with Crippen LogP contribution in [0.25, 0.3) is 0 Å². The molecule has 28 heavy (non-hydrogen) atoms. The van der Waals surface area contributed by atoms with Gasteiger partial charge in [-0.05, 0) is 49.7 Å². The number of nitrogens with one attached hydrogen (secondary N) is 1. The minimum atomic E-state index is -0.515. The van der Waals surface area contributed by atoms with E-state index in [1.165, 1.54) is 0 Å². The zero-order valence-electron chi connectivity index (χ0n) is 15.9. The molecule has 2 aliphatic rings. The standard InChI is InChI=1S/C21H22N2O5/c1-3-4-9-23-16-11-15(6-8-17(16)28-13(2)21(23)25)22-20(24)14-5-7-18-19(10-14)27-12-26-18/h5-8,10-11,13H,3-4,9,12H2,1-2H3,(H,22,24). The first-order valence-corrected chi connectivity index (χ1v) is 9.40. The number of unbranched alkanes of at least 4 members (excludes halogenated alkanes) is 1. The average molecular weight is 382 g/mol. The highest BCUT2D eigenvalue weighted by Gasteiger charge is 2.31. The van der Waals surface area contributed by atoms with Gasteiger partial charge in [0.25, 0.3) is 11.8 Å². The van der Waals surface area contributed by atoms with Crippen LogP contribution in [0.1, 0.15) is 37.0 Å². The van der Waals surface area contributed by atoms with E-state index < -0.39 is 6.10 Å². The van der Waals surface area contributed by atoms with Crippen LogP contribution in [0.3, 0.4) is 0 Å². The Kier molecular flexibility index (Phi) is 4.81. The summed E-state index contributed by atoms with van der Waals surface area (Å²) >= 11 is 0. The summed E-state index contributed by atoms with van der Waals surface area (Å²) < 4.78 is 16.3. The maximum atomic E-state index is 12.6. The Morgan fingerprint density at radius 2 is 1.93 bits per heavy atom. The molecular formula is C21H22N2O5. The summed E-state index contributed by atoms with van der Waals surface area (Å²) in [6, 6.07) is 10.4. The molecule has 2 heterocycles. The molecule has 2 amide bonds. The number of amides is 2. The summed E-state index contributed by atoms with van der Waals surface area (Å²) in [6.07, 6.45) is 1.36. The van der Waals surface area contributed by atoms with Gasteiger partial charge in [-0.15, -0.1) is 0 Å². The van der Waals surface area contributed by atoms with Gasteiger partial charge in [-0.25, -0.2) is 0 Å². The van der Waals surface area contributed by atoms with Gasteiger partial charge in [-0.2, -0.15) is 0 Å². The molecule has 2 aliphatic heterocycles. The van der Waals surface area contributed by atoms with Crippen LogP contribution in [-0.2, 0) is 4.79 Å². The third kappa shape index (κ3) is 3.35. The van der Waals surface area contributed by atoms with Crippen molar-refractivity contribution in [2.45, 2.75) is 32.8 Å². The molecule has 1 unspecified atom stereocenters. The second-order valence-electron chi connectivity index (χ2n) is 6.81. The van der Waals surface area contributed by atoms with Gasteiger partial charge in [0.15, 0.2) is 17.6 Å². The van der Waals surface area contributed by atoms with Crippen LogP contribution in [-0.4, -0.2) is 31.3 Å². The first-order chi connectivity index (χ1) is 13.6. The largest absolute Gasteiger partial charge is 0.479 e. The van der Waals surface area contributed by atoms with E-state index in [0.29, 0.717) is 40.7 Å². The van der Waals surface area contributed by atoms with E-state index in [1.54, 1.807) is 48.2 Å². The first kappa shape index (κ1) is 18.2. The summed E-state index contributed by atoms with van der Waals surface area (Å²) in [5, 5.41) is 2.87. The SMILES string of the molecule is CCCCN1C(=O)C(C)Oc2ccc(NC(=O)c3ccc4c(c3)OCO4)cc21. The number of anilines is 2. The molecule has 0 spiro atoms. The molecule has 0 aliphatic carbocycles. The monoisotopic (exact) mass is 382 g/mol. The van der Waals surface area contributed by atoms with E-state index in [4.69, 9.17) is 14.2 Å². The van der Waals surface area contributed by atoms with Gasteiger partial charge >= 0.3 is 0 Å². The molecule has 7 heteroatoms. The Bertz CT molecular complexity index is 927. The van der Waals surface area contributed by atoms with Crippen molar-refractivity contribution in [3.8, 4) is 17.2 Å². The molecular weight excluding hydrogens is 360 g/mol. The minimum absolute atomic E-state index is 0.0693. The highest BCUT2D eigenvalue weighted by atomic mass is 16.7. The molecule has 0 radical (unpaired) electrons. The van der Waals surface area contributed by atoms with Gasteiger partial charge in [0.1, 0.15) is 5.75 Å². The predicted molar refractivity (Wildman–Crippen MR) is 104 cm³/mol. The van der Waals surface area contributed by atoms with Crippen molar-refractivity contribution < 1.29 is 23.8 Å². The van der Waals surface area contributed by atoms with Crippen molar-refractivity contribution in [3.05, 3.63) is 42.0 Å². The summed E-state index contributed by atoms with van der Waals surface area (Å²) in [5.41, 5.74) is 1.74. The molecule has 1 N–H and O–H groups in total. The summed E-state index contributed by atoms with van der Waals surface area (Å²) in [5.74, 6) is 1.48. The van der Waals surface area contributed by atoms with Crippen molar-refractivity contribution in [2.75, 3.05) is 23.6 Å². The minimum Gasteiger partial charge on any atom is -0.479 e.